The molecule has 2 heteroatoms. The van der Waals surface area contributed by atoms with Gasteiger partial charge in [0.2, 0.25) is 0 Å². The van der Waals surface area contributed by atoms with E-state index in [1.54, 1.807) is 0 Å². The van der Waals surface area contributed by atoms with Crippen LogP contribution in [0.5, 0.6) is 5.75 Å². The van der Waals surface area contributed by atoms with Crippen LogP contribution >= 0.6 is 0 Å². The van der Waals surface area contributed by atoms with Crippen LogP contribution in [0.25, 0.3) is 0 Å². The van der Waals surface area contributed by atoms with Crippen molar-refractivity contribution < 1.29 is 4.74 Å². The van der Waals surface area contributed by atoms with E-state index >= 15 is 0 Å². The highest BCUT2D eigenvalue weighted by molar-refractivity contribution is 5.35. The molecule has 2 rings (SSSR count). The summed E-state index contributed by atoms with van der Waals surface area (Å²) < 4.78 is 5.94. The molecule has 21 heavy (non-hydrogen) atoms. The van der Waals surface area contributed by atoms with Gasteiger partial charge in [0.25, 0.3) is 0 Å². The van der Waals surface area contributed by atoms with E-state index in [0.717, 1.165) is 18.9 Å². The standard InChI is InChI=1S/C19H31NO/c1-15(2)17-12-16(3)13-19(14-17)21-11-10-20-18-8-6-4-5-7-9-18/h12-15,18,20H,4-11H2,1-3H3. The summed E-state index contributed by atoms with van der Waals surface area (Å²) in [5.41, 5.74) is 2.65. The molecule has 0 saturated heterocycles. The van der Waals surface area contributed by atoms with Crippen molar-refractivity contribution >= 4 is 0 Å². The predicted molar refractivity (Wildman–Crippen MR) is 90.3 cm³/mol. The lowest BCUT2D eigenvalue weighted by Gasteiger charge is -2.17. The summed E-state index contributed by atoms with van der Waals surface area (Å²) in [5, 5.41) is 3.66. The molecule has 0 aromatic heterocycles. The maximum Gasteiger partial charge on any atom is 0.119 e. The Morgan fingerprint density at radius 3 is 2.48 bits per heavy atom. The van der Waals surface area contributed by atoms with Crippen LogP contribution in [0.1, 0.15) is 69.4 Å². The van der Waals surface area contributed by atoms with Crippen LogP contribution in [0.2, 0.25) is 0 Å². The van der Waals surface area contributed by atoms with Crippen molar-refractivity contribution in [1.82, 2.24) is 5.32 Å². The lowest BCUT2D eigenvalue weighted by molar-refractivity contribution is 0.300. The number of hydrogen-bond acceptors (Lipinski definition) is 2. The molecule has 0 bridgehead atoms. The van der Waals surface area contributed by atoms with Gasteiger partial charge in [-0.2, -0.15) is 0 Å². The Balaban J connectivity index is 1.75. The van der Waals surface area contributed by atoms with Crippen molar-refractivity contribution in [3.8, 4) is 5.75 Å². The third-order valence-corrected chi connectivity index (χ3v) is 4.40. The van der Waals surface area contributed by atoms with Gasteiger partial charge < -0.3 is 10.1 Å². The molecule has 0 unspecified atom stereocenters. The molecule has 0 spiro atoms. The molecular formula is C19H31NO. The van der Waals surface area contributed by atoms with Crippen molar-refractivity contribution in [3.05, 3.63) is 29.3 Å². The quantitative estimate of drug-likeness (QED) is 0.599. The molecule has 1 aliphatic rings. The number of ether oxygens (including phenoxy) is 1. The molecule has 0 atom stereocenters. The minimum absolute atomic E-state index is 0.552. The molecule has 0 heterocycles. The Morgan fingerprint density at radius 1 is 1.10 bits per heavy atom. The molecule has 1 aliphatic carbocycles. The van der Waals surface area contributed by atoms with E-state index in [-0.39, 0.29) is 0 Å². The third-order valence-electron chi connectivity index (χ3n) is 4.40. The SMILES string of the molecule is Cc1cc(OCCNC2CCCCCC2)cc(C(C)C)c1. The van der Waals surface area contributed by atoms with E-state index < -0.39 is 0 Å². The lowest BCUT2D eigenvalue weighted by atomic mass is 10.0. The normalized spacial score (nSPS) is 17.0. The highest BCUT2D eigenvalue weighted by Crippen LogP contribution is 2.22. The number of aryl methyl sites for hydroxylation is 1. The first kappa shape index (κ1) is 16.4. The molecule has 0 aliphatic heterocycles. The Bertz CT molecular complexity index is 420. The van der Waals surface area contributed by atoms with E-state index in [1.807, 2.05) is 0 Å². The van der Waals surface area contributed by atoms with Crippen molar-refractivity contribution in [3.63, 3.8) is 0 Å². The molecule has 1 N–H and O–H groups in total. The Kier molecular flexibility index (Phi) is 6.56. The fourth-order valence-corrected chi connectivity index (χ4v) is 3.11. The Hall–Kier alpha value is -1.02. The average molecular weight is 289 g/mol. The van der Waals surface area contributed by atoms with Crippen LogP contribution in [0.15, 0.2) is 18.2 Å². The first-order chi connectivity index (χ1) is 10.1. The molecule has 1 saturated carbocycles. The molecule has 2 nitrogen and oxygen atoms in total. The number of benzene rings is 1. The van der Waals surface area contributed by atoms with Gasteiger partial charge in [0, 0.05) is 12.6 Å². The molecule has 118 valence electrons. The van der Waals surface area contributed by atoms with E-state index in [9.17, 15) is 0 Å². The van der Waals surface area contributed by atoms with E-state index in [0.29, 0.717) is 12.0 Å². The zero-order valence-electron chi connectivity index (χ0n) is 14.0. The summed E-state index contributed by atoms with van der Waals surface area (Å²) in [5.74, 6) is 1.57. The van der Waals surface area contributed by atoms with E-state index in [2.05, 4.69) is 44.3 Å². The first-order valence-corrected chi connectivity index (χ1v) is 8.63. The maximum atomic E-state index is 5.94. The van der Waals surface area contributed by atoms with Crippen LogP contribution in [-0.4, -0.2) is 19.2 Å². The van der Waals surface area contributed by atoms with Crippen molar-refractivity contribution in [2.45, 2.75) is 71.3 Å². The first-order valence-electron chi connectivity index (χ1n) is 8.63. The Labute approximate surface area is 130 Å². The van der Waals surface area contributed by atoms with Gasteiger partial charge >= 0.3 is 0 Å². The number of hydrogen-bond donors (Lipinski definition) is 1. The lowest BCUT2D eigenvalue weighted by Crippen LogP contribution is -2.32. The highest BCUT2D eigenvalue weighted by atomic mass is 16.5. The molecular weight excluding hydrogens is 258 g/mol. The summed E-state index contributed by atoms with van der Waals surface area (Å²) in [6.45, 7) is 8.31. The van der Waals surface area contributed by atoms with Crippen molar-refractivity contribution in [2.24, 2.45) is 0 Å². The maximum absolute atomic E-state index is 5.94. The number of nitrogens with one attached hydrogen (secondary N) is 1. The summed E-state index contributed by atoms with van der Waals surface area (Å²) in [6.07, 6.45) is 8.26. The molecule has 0 amide bonds. The molecule has 0 radical (unpaired) electrons. The summed E-state index contributed by atoms with van der Waals surface area (Å²) in [4.78, 5) is 0. The second kappa shape index (κ2) is 8.43. The summed E-state index contributed by atoms with van der Waals surface area (Å²) in [6, 6.07) is 7.28. The second-order valence-corrected chi connectivity index (χ2v) is 6.73. The summed E-state index contributed by atoms with van der Waals surface area (Å²) in [7, 11) is 0. The van der Waals surface area contributed by atoms with Crippen molar-refractivity contribution in [1.29, 1.82) is 0 Å². The fraction of sp³-hybridized carbons (Fsp3) is 0.684. The third kappa shape index (κ3) is 5.70. The van der Waals surface area contributed by atoms with Gasteiger partial charge in [-0.25, -0.2) is 0 Å². The van der Waals surface area contributed by atoms with Crippen LogP contribution in [-0.2, 0) is 0 Å². The van der Waals surface area contributed by atoms with Gasteiger partial charge in [0.05, 0.1) is 0 Å². The van der Waals surface area contributed by atoms with Crippen LogP contribution < -0.4 is 10.1 Å². The predicted octanol–water partition coefficient (Wildman–Crippen LogP) is 4.81. The topological polar surface area (TPSA) is 21.3 Å². The summed E-state index contributed by atoms with van der Waals surface area (Å²) >= 11 is 0. The largest absolute Gasteiger partial charge is 0.492 e. The zero-order chi connectivity index (χ0) is 15.1. The van der Waals surface area contributed by atoms with E-state index in [4.69, 9.17) is 4.74 Å². The monoisotopic (exact) mass is 289 g/mol. The fourth-order valence-electron chi connectivity index (χ4n) is 3.11. The van der Waals surface area contributed by atoms with Crippen LogP contribution in [0.3, 0.4) is 0 Å². The van der Waals surface area contributed by atoms with Crippen LogP contribution in [0.4, 0.5) is 0 Å². The Morgan fingerprint density at radius 2 is 1.81 bits per heavy atom. The average Bonchev–Trinajstić information content (AvgIpc) is 2.71. The smallest absolute Gasteiger partial charge is 0.119 e. The van der Waals surface area contributed by atoms with Crippen LogP contribution in [0, 0.1) is 6.92 Å². The van der Waals surface area contributed by atoms with Gasteiger partial charge in [-0.1, -0.05) is 45.6 Å². The highest BCUT2D eigenvalue weighted by Gasteiger charge is 2.11. The number of rotatable bonds is 6. The van der Waals surface area contributed by atoms with E-state index in [1.165, 1.54) is 49.7 Å². The van der Waals surface area contributed by atoms with Gasteiger partial charge in [-0.15, -0.1) is 0 Å². The zero-order valence-corrected chi connectivity index (χ0v) is 14.0. The van der Waals surface area contributed by atoms with Crippen molar-refractivity contribution in [2.75, 3.05) is 13.2 Å². The van der Waals surface area contributed by atoms with Gasteiger partial charge in [-0.05, 0) is 48.9 Å². The molecule has 1 fully saturated rings. The minimum Gasteiger partial charge on any atom is -0.492 e. The van der Waals surface area contributed by atoms with Gasteiger partial charge in [0.1, 0.15) is 12.4 Å². The van der Waals surface area contributed by atoms with Gasteiger partial charge in [-0.3, -0.25) is 0 Å². The molecule has 1 aromatic rings. The second-order valence-electron chi connectivity index (χ2n) is 6.73. The molecule has 1 aromatic carbocycles. The minimum atomic E-state index is 0.552. The van der Waals surface area contributed by atoms with Gasteiger partial charge in [0.15, 0.2) is 0 Å².